The van der Waals surface area contributed by atoms with Gasteiger partial charge in [-0.15, -0.1) is 4.72 Å². The first kappa shape index (κ1) is 19.5. The predicted octanol–water partition coefficient (Wildman–Crippen LogP) is 3.41. The molecule has 1 aromatic carbocycles. The molecule has 0 amide bonds. The second-order valence-electron chi connectivity index (χ2n) is 6.72. The predicted molar refractivity (Wildman–Crippen MR) is 105 cm³/mol. The van der Waals surface area contributed by atoms with E-state index in [9.17, 15) is 4.55 Å². The molecular formula is C19H24ClN3O2S. The Hall–Kier alpha value is -1.31. The molecule has 0 spiro atoms. The summed E-state index contributed by atoms with van der Waals surface area (Å²) in [5.74, 6) is 0.897. The van der Waals surface area contributed by atoms with E-state index in [0.717, 1.165) is 31.8 Å². The van der Waals surface area contributed by atoms with Crippen molar-refractivity contribution < 1.29 is 9.29 Å². The van der Waals surface area contributed by atoms with Crippen molar-refractivity contribution in [2.75, 3.05) is 13.1 Å². The zero-order valence-electron chi connectivity index (χ0n) is 15.0. The maximum absolute atomic E-state index is 12.5. The second-order valence-corrected chi connectivity index (χ2v) is 8.34. The van der Waals surface area contributed by atoms with Crippen LogP contribution in [0, 0.1) is 0 Å². The molecule has 2 heterocycles. The maximum atomic E-state index is 12.5. The highest BCUT2D eigenvalue weighted by Gasteiger charge is 2.28. The maximum Gasteiger partial charge on any atom is 0.210 e. The number of aromatic nitrogens is 1. The fraction of sp³-hybridized carbons (Fsp3) is 0.421. The largest absolute Gasteiger partial charge is 0.593 e. The molecule has 5 nitrogen and oxygen atoms in total. The summed E-state index contributed by atoms with van der Waals surface area (Å²) in [5, 5.41) is 0.476. The van der Waals surface area contributed by atoms with Gasteiger partial charge in [-0.3, -0.25) is 9.88 Å². The monoisotopic (exact) mass is 393 g/mol. The molecule has 1 saturated heterocycles. The molecule has 3 rings (SSSR count). The van der Waals surface area contributed by atoms with Gasteiger partial charge >= 0.3 is 0 Å². The summed E-state index contributed by atoms with van der Waals surface area (Å²) >= 11 is 4.75. The van der Waals surface area contributed by atoms with Crippen LogP contribution in [0.1, 0.15) is 25.8 Å². The minimum absolute atomic E-state index is 0.177. The molecule has 2 aromatic rings. The Balaban J connectivity index is 1.50. The normalized spacial score (nSPS) is 19.0. The van der Waals surface area contributed by atoms with Gasteiger partial charge in [-0.2, -0.15) is 0 Å². The van der Waals surface area contributed by atoms with Crippen molar-refractivity contribution in [3.05, 3.63) is 53.3 Å². The van der Waals surface area contributed by atoms with E-state index in [-0.39, 0.29) is 12.1 Å². The molecule has 140 valence electrons. The molecule has 0 saturated carbocycles. The van der Waals surface area contributed by atoms with Crippen molar-refractivity contribution in [1.29, 1.82) is 0 Å². The zero-order chi connectivity index (χ0) is 18.5. The van der Waals surface area contributed by atoms with E-state index in [2.05, 4.69) is 26.7 Å². The molecule has 1 N–H and O–H groups in total. The Labute approximate surface area is 163 Å². The van der Waals surface area contributed by atoms with Gasteiger partial charge in [0.15, 0.2) is 0 Å². The van der Waals surface area contributed by atoms with Crippen LogP contribution in [0.3, 0.4) is 0 Å². The topological polar surface area (TPSA) is 60.5 Å². The standard InChI is InChI=1S/C19H24ClN3O2S/c1-14(2)25-17-5-3-15(4-6-17)12-23-10-8-16(13-23)22-26(24)19-11-21-9-7-18(19)20/h3-7,9,11,14,16,22H,8,10,12-13H2,1-2H3/t16-,26?/m1/s1. The average molecular weight is 394 g/mol. The van der Waals surface area contributed by atoms with Gasteiger partial charge in [0, 0.05) is 25.8 Å². The van der Waals surface area contributed by atoms with Crippen LogP contribution in [0.4, 0.5) is 0 Å². The van der Waals surface area contributed by atoms with E-state index in [0.29, 0.717) is 9.92 Å². The van der Waals surface area contributed by atoms with Crippen LogP contribution in [-0.2, 0) is 17.9 Å². The smallest absolute Gasteiger partial charge is 0.210 e. The summed E-state index contributed by atoms with van der Waals surface area (Å²) in [7, 11) is 0. The quantitative estimate of drug-likeness (QED) is 0.730. The number of likely N-dealkylation sites (tertiary alicyclic amines) is 1. The highest BCUT2D eigenvalue weighted by atomic mass is 35.5. The third kappa shape index (κ3) is 5.34. The number of nitrogens with zero attached hydrogens (tertiary/aromatic N) is 2. The van der Waals surface area contributed by atoms with Crippen molar-refractivity contribution in [1.82, 2.24) is 14.6 Å². The first-order chi connectivity index (χ1) is 12.5. The Morgan fingerprint density at radius 2 is 2.12 bits per heavy atom. The Morgan fingerprint density at radius 1 is 1.35 bits per heavy atom. The summed E-state index contributed by atoms with van der Waals surface area (Å²) < 4.78 is 21.3. The van der Waals surface area contributed by atoms with Crippen LogP contribution in [-0.4, -0.2) is 39.7 Å². The number of rotatable bonds is 7. The minimum atomic E-state index is -1.34. The number of halogens is 1. The molecule has 7 heteroatoms. The highest BCUT2D eigenvalue weighted by molar-refractivity contribution is 7.89. The fourth-order valence-corrected chi connectivity index (χ4v) is 4.33. The lowest BCUT2D eigenvalue weighted by molar-refractivity contribution is 0.242. The highest BCUT2D eigenvalue weighted by Crippen LogP contribution is 2.22. The average Bonchev–Trinajstić information content (AvgIpc) is 3.03. The third-order valence-electron chi connectivity index (χ3n) is 4.18. The van der Waals surface area contributed by atoms with Crippen LogP contribution in [0.2, 0.25) is 5.02 Å². The number of hydrogen-bond acceptors (Lipinski definition) is 5. The first-order valence-electron chi connectivity index (χ1n) is 8.76. The molecule has 0 bridgehead atoms. The molecular weight excluding hydrogens is 370 g/mol. The minimum Gasteiger partial charge on any atom is -0.593 e. The summed E-state index contributed by atoms with van der Waals surface area (Å²) in [4.78, 5) is 6.89. The lowest BCUT2D eigenvalue weighted by Crippen LogP contribution is -2.37. The number of nitrogens with one attached hydrogen (secondary N) is 1. The van der Waals surface area contributed by atoms with Gasteiger partial charge in [-0.25, -0.2) is 0 Å². The van der Waals surface area contributed by atoms with E-state index >= 15 is 0 Å². The number of benzene rings is 1. The van der Waals surface area contributed by atoms with Crippen molar-refractivity contribution in [3.8, 4) is 5.75 Å². The molecule has 1 aliphatic rings. The molecule has 1 unspecified atom stereocenters. The Bertz CT molecular complexity index is 714. The Kier molecular flexibility index (Phi) is 6.78. The Morgan fingerprint density at radius 3 is 2.81 bits per heavy atom. The van der Waals surface area contributed by atoms with Crippen LogP contribution in [0.25, 0.3) is 0 Å². The van der Waals surface area contributed by atoms with E-state index in [4.69, 9.17) is 16.3 Å². The molecule has 1 aromatic heterocycles. The summed E-state index contributed by atoms with van der Waals surface area (Å²) in [6.45, 7) is 6.75. The fourth-order valence-electron chi connectivity index (χ4n) is 2.99. The van der Waals surface area contributed by atoms with Gasteiger partial charge < -0.3 is 9.29 Å². The van der Waals surface area contributed by atoms with Gasteiger partial charge in [-0.1, -0.05) is 23.7 Å². The van der Waals surface area contributed by atoms with Crippen molar-refractivity contribution in [3.63, 3.8) is 0 Å². The van der Waals surface area contributed by atoms with Gasteiger partial charge in [0.2, 0.25) is 4.90 Å². The van der Waals surface area contributed by atoms with Crippen LogP contribution < -0.4 is 9.46 Å². The molecule has 2 atom stereocenters. The summed E-state index contributed by atoms with van der Waals surface area (Å²) in [6.07, 6.45) is 4.29. The number of hydrogen-bond donors (Lipinski definition) is 1. The van der Waals surface area contributed by atoms with Crippen molar-refractivity contribution >= 4 is 23.0 Å². The van der Waals surface area contributed by atoms with Gasteiger partial charge in [-0.05, 0) is 44.0 Å². The summed E-state index contributed by atoms with van der Waals surface area (Å²) in [6, 6.07) is 10.1. The second kappa shape index (κ2) is 9.06. The van der Waals surface area contributed by atoms with E-state index in [1.165, 1.54) is 5.56 Å². The SMILES string of the molecule is CC(C)Oc1ccc(CN2CC[C@@H](N[S+]([O-])c3cnccc3Cl)C2)cc1. The van der Waals surface area contributed by atoms with Crippen LogP contribution in [0.5, 0.6) is 5.75 Å². The first-order valence-corrected chi connectivity index (χ1v) is 10.3. The van der Waals surface area contributed by atoms with Crippen molar-refractivity contribution in [2.45, 2.75) is 43.9 Å². The molecule has 0 radical (unpaired) electrons. The third-order valence-corrected chi connectivity index (χ3v) is 5.90. The van der Waals surface area contributed by atoms with E-state index in [1.807, 2.05) is 26.0 Å². The van der Waals surface area contributed by atoms with Crippen molar-refractivity contribution in [2.24, 2.45) is 0 Å². The molecule has 1 fully saturated rings. The van der Waals surface area contributed by atoms with Crippen LogP contribution >= 0.6 is 11.6 Å². The number of ether oxygens (including phenoxy) is 1. The van der Waals surface area contributed by atoms with Gasteiger partial charge in [0.25, 0.3) is 0 Å². The number of pyridine rings is 1. The van der Waals surface area contributed by atoms with E-state index in [1.54, 1.807) is 18.5 Å². The van der Waals surface area contributed by atoms with E-state index < -0.39 is 11.4 Å². The zero-order valence-corrected chi connectivity index (χ0v) is 16.6. The molecule has 26 heavy (non-hydrogen) atoms. The lowest BCUT2D eigenvalue weighted by atomic mass is 10.2. The molecule has 0 aliphatic carbocycles. The summed E-state index contributed by atoms with van der Waals surface area (Å²) in [5.41, 5.74) is 1.25. The van der Waals surface area contributed by atoms with Crippen LogP contribution in [0.15, 0.2) is 47.6 Å². The lowest BCUT2D eigenvalue weighted by Gasteiger charge is -2.18. The molecule has 1 aliphatic heterocycles. The van der Waals surface area contributed by atoms with Gasteiger partial charge in [0.05, 0.1) is 29.7 Å². The van der Waals surface area contributed by atoms with Gasteiger partial charge in [0.1, 0.15) is 10.8 Å².